The van der Waals surface area contributed by atoms with Crippen LogP contribution in [-0.4, -0.2) is 14.2 Å². The van der Waals surface area contributed by atoms with Crippen LogP contribution in [0.5, 0.6) is 0 Å². The van der Waals surface area contributed by atoms with Gasteiger partial charge in [0.05, 0.1) is 10.6 Å². The summed E-state index contributed by atoms with van der Waals surface area (Å²) in [7, 11) is -3.09. The molecule has 0 saturated carbocycles. The molecule has 138 valence electrons. The third-order valence-corrected chi connectivity index (χ3v) is 6.46. The number of hydrogen-bond acceptors (Lipinski definition) is 2. The maximum absolute atomic E-state index is 12.2. The van der Waals surface area contributed by atoms with Gasteiger partial charge in [0.1, 0.15) is 0 Å². The normalized spacial score (nSPS) is 11.8. The van der Waals surface area contributed by atoms with Gasteiger partial charge in [0.2, 0.25) is 0 Å². The lowest BCUT2D eigenvalue weighted by Crippen LogP contribution is -2.06. The molecule has 0 fully saturated rings. The Bertz CT molecular complexity index is 517. The summed E-state index contributed by atoms with van der Waals surface area (Å²) < 4.78 is 24.5. The number of sulfone groups is 1. The van der Waals surface area contributed by atoms with Crippen LogP contribution < -0.4 is 0 Å². The molecular weight excluding hydrogens is 316 g/mol. The fraction of sp³-hybridized carbons (Fsp3) is 0.714. The highest BCUT2D eigenvalue weighted by Crippen LogP contribution is 2.16. The van der Waals surface area contributed by atoms with E-state index in [4.69, 9.17) is 0 Å². The molecule has 0 atom stereocenters. The first-order chi connectivity index (χ1) is 11.6. The first-order valence-corrected chi connectivity index (χ1v) is 11.5. The van der Waals surface area contributed by atoms with Crippen molar-refractivity contribution in [1.29, 1.82) is 0 Å². The van der Waals surface area contributed by atoms with E-state index in [0.717, 1.165) is 18.4 Å². The zero-order valence-corrected chi connectivity index (χ0v) is 16.5. The predicted octanol–water partition coefficient (Wildman–Crippen LogP) is 6.47. The van der Waals surface area contributed by atoms with Crippen LogP contribution in [0.15, 0.2) is 29.2 Å². The van der Waals surface area contributed by atoms with Gasteiger partial charge in [0, 0.05) is 0 Å². The number of aryl methyl sites for hydroxylation is 1. The minimum atomic E-state index is -3.09. The Morgan fingerprint density at radius 2 is 1.08 bits per heavy atom. The van der Waals surface area contributed by atoms with Gasteiger partial charge in [0.25, 0.3) is 0 Å². The molecule has 0 amide bonds. The third kappa shape index (κ3) is 9.46. The van der Waals surface area contributed by atoms with Crippen LogP contribution in [-0.2, 0) is 9.84 Å². The predicted molar refractivity (Wildman–Crippen MR) is 104 cm³/mol. The van der Waals surface area contributed by atoms with Crippen LogP contribution >= 0.6 is 0 Å². The fourth-order valence-electron chi connectivity index (χ4n) is 3.00. The summed E-state index contributed by atoms with van der Waals surface area (Å²) in [6.07, 6.45) is 15.1. The Labute approximate surface area is 150 Å². The van der Waals surface area contributed by atoms with Gasteiger partial charge in [-0.3, -0.25) is 0 Å². The lowest BCUT2D eigenvalue weighted by atomic mass is 10.1. The number of benzene rings is 1. The highest BCUT2D eigenvalue weighted by molar-refractivity contribution is 7.91. The van der Waals surface area contributed by atoms with Crippen LogP contribution in [0.4, 0.5) is 0 Å². The van der Waals surface area contributed by atoms with Gasteiger partial charge in [-0.05, 0) is 25.5 Å². The van der Waals surface area contributed by atoms with Crippen molar-refractivity contribution < 1.29 is 8.42 Å². The monoisotopic (exact) mass is 352 g/mol. The van der Waals surface area contributed by atoms with Crippen molar-refractivity contribution in [3.8, 4) is 0 Å². The van der Waals surface area contributed by atoms with Gasteiger partial charge in [-0.25, -0.2) is 8.42 Å². The number of rotatable bonds is 14. The maximum Gasteiger partial charge on any atom is 0.178 e. The van der Waals surface area contributed by atoms with Gasteiger partial charge >= 0.3 is 0 Å². The van der Waals surface area contributed by atoms with E-state index in [1.807, 2.05) is 19.1 Å². The van der Waals surface area contributed by atoms with E-state index < -0.39 is 9.84 Å². The van der Waals surface area contributed by atoms with Crippen LogP contribution in [0, 0.1) is 6.92 Å². The Hall–Kier alpha value is -0.830. The van der Waals surface area contributed by atoms with Gasteiger partial charge in [-0.1, -0.05) is 95.2 Å². The first kappa shape index (κ1) is 21.2. The van der Waals surface area contributed by atoms with E-state index in [0.29, 0.717) is 4.90 Å². The summed E-state index contributed by atoms with van der Waals surface area (Å²) in [6, 6.07) is 7.20. The second-order valence-electron chi connectivity index (χ2n) is 7.02. The van der Waals surface area contributed by atoms with Crippen molar-refractivity contribution in [1.82, 2.24) is 0 Å². The van der Waals surface area contributed by atoms with Crippen molar-refractivity contribution in [3.05, 3.63) is 29.8 Å². The van der Waals surface area contributed by atoms with Gasteiger partial charge in [0.15, 0.2) is 9.84 Å². The molecule has 1 aromatic rings. The second-order valence-corrected chi connectivity index (χ2v) is 9.13. The Balaban J connectivity index is 2.01. The first-order valence-electron chi connectivity index (χ1n) is 9.85. The lowest BCUT2D eigenvalue weighted by Gasteiger charge is -2.05. The second kappa shape index (κ2) is 12.5. The van der Waals surface area contributed by atoms with E-state index in [2.05, 4.69) is 6.92 Å². The minimum absolute atomic E-state index is 0.285. The molecule has 24 heavy (non-hydrogen) atoms. The molecule has 3 heteroatoms. The molecule has 0 aliphatic heterocycles. The molecule has 0 radical (unpaired) electrons. The maximum atomic E-state index is 12.2. The molecule has 2 nitrogen and oxygen atoms in total. The quantitative estimate of drug-likeness (QED) is 0.360. The molecule has 0 aliphatic rings. The van der Waals surface area contributed by atoms with Gasteiger partial charge < -0.3 is 0 Å². The van der Waals surface area contributed by atoms with Crippen molar-refractivity contribution in [2.75, 3.05) is 5.75 Å². The molecule has 0 heterocycles. The topological polar surface area (TPSA) is 34.1 Å². The summed E-state index contributed by atoms with van der Waals surface area (Å²) in [6.45, 7) is 4.23. The van der Waals surface area contributed by atoms with Crippen molar-refractivity contribution in [2.45, 2.75) is 95.8 Å². The number of unbranched alkanes of at least 4 members (excludes halogenated alkanes) is 11. The largest absolute Gasteiger partial charge is 0.224 e. The molecule has 0 saturated heterocycles. The van der Waals surface area contributed by atoms with Crippen LogP contribution in [0.1, 0.15) is 89.5 Å². The molecule has 1 rings (SSSR count). The van der Waals surface area contributed by atoms with E-state index >= 15 is 0 Å². The fourth-order valence-corrected chi connectivity index (χ4v) is 4.37. The summed E-state index contributed by atoms with van der Waals surface area (Å²) in [4.78, 5) is 0.469. The zero-order chi connectivity index (χ0) is 17.7. The molecule has 1 aromatic carbocycles. The van der Waals surface area contributed by atoms with Crippen molar-refractivity contribution >= 4 is 9.84 Å². The van der Waals surface area contributed by atoms with E-state index in [9.17, 15) is 8.42 Å². The molecule has 0 unspecified atom stereocenters. The SMILES string of the molecule is CCCCCCCCCCCCCCS(=O)(=O)c1ccc(C)cc1. The van der Waals surface area contributed by atoms with Gasteiger partial charge in [-0.15, -0.1) is 0 Å². The van der Waals surface area contributed by atoms with Crippen LogP contribution in [0.3, 0.4) is 0 Å². The summed E-state index contributed by atoms with van der Waals surface area (Å²) in [5.74, 6) is 0.285. The van der Waals surface area contributed by atoms with E-state index in [1.54, 1.807) is 12.1 Å². The van der Waals surface area contributed by atoms with E-state index in [1.165, 1.54) is 64.2 Å². The summed E-state index contributed by atoms with van der Waals surface area (Å²) in [5.41, 5.74) is 1.10. The summed E-state index contributed by atoms with van der Waals surface area (Å²) in [5, 5.41) is 0. The smallest absolute Gasteiger partial charge is 0.178 e. The molecule has 0 spiro atoms. The van der Waals surface area contributed by atoms with Crippen molar-refractivity contribution in [2.24, 2.45) is 0 Å². The molecule has 0 N–H and O–H groups in total. The lowest BCUT2D eigenvalue weighted by molar-refractivity contribution is 0.546. The van der Waals surface area contributed by atoms with E-state index in [-0.39, 0.29) is 5.75 Å². The average molecular weight is 353 g/mol. The average Bonchev–Trinajstić information content (AvgIpc) is 2.56. The van der Waals surface area contributed by atoms with Crippen LogP contribution in [0.2, 0.25) is 0 Å². The Kier molecular flexibility index (Phi) is 11.1. The Morgan fingerprint density at radius 1 is 0.667 bits per heavy atom. The molecular formula is C21H36O2S. The molecule has 0 bridgehead atoms. The molecule has 0 aliphatic carbocycles. The standard InChI is InChI=1S/C21H36O2S/c1-3-4-5-6-7-8-9-10-11-12-13-14-19-24(22,23)21-17-15-20(2)16-18-21/h15-18H,3-14,19H2,1-2H3. The van der Waals surface area contributed by atoms with Crippen LogP contribution in [0.25, 0.3) is 0 Å². The molecule has 0 aromatic heterocycles. The highest BCUT2D eigenvalue weighted by Gasteiger charge is 2.13. The van der Waals surface area contributed by atoms with Crippen molar-refractivity contribution in [3.63, 3.8) is 0 Å². The Morgan fingerprint density at radius 3 is 1.54 bits per heavy atom. The number of hydrogen-bond donors (Lipinski definition) is 0. The third-order valence-electron chi connectivity index (χ3n) is 4.65. The zero-order valence-electron chi connectivity index (χ0n) is 15.7. The summed E-state index contributed by atoms with van der Waals surface area (Å²) >= 11 is 0. The van der Waals surface area contributed by atoms with Gasteiger partial charge in [-0.2, -0.15) is 0 Å². The minimum Gasteiger partial charge on any atom is -0.224 e. The highest BCUT2D eigenvalue weighted by atomic mass is 32.2.